The van der Waals surface area contributed by atoms with E-state index in [4.69, 9.17) is 4.42 Å². The van der Waals surface area contributed by atoms with Crippen molar-refractivity contribution in [3.63, 3.8) is 0 Å². The lowest BCUT2D eigenvalue weighted by atomic mass is 9.93. The van der Waals surface area contributed by atoms with Gasteiger partial charge in [-0.25, -0.2) is 13.2 Å². The van der Waals surface area contributed by atoms with Crippen LogP contribution in [-0.2, 0) is 29.5 Å². The van der Waals surface area contributed by atoms with E-state index < -0.39 is 21.7 Å². The number of hydrogen-bond donors (Lipinski definition) is 2. The Hall–Kier alpha value is -3.10. The Morgan fingerprint density at radius 3 is 2.42 bits per heavy atom. The number of sulfonamides is 1. The van der Waals surface area contributed by atoms with Gasteiger partial charge in [0.15, 0.2) is 0 Å². The van der Waals surface area contributed by atoms with Gasteiger partial charge >= 0.3 is 5.63 Å². The third-order valence-corrected chi connectivity index (χ3v) is 8.55. The number of anilines is 1. The predicted molar refractivity (Wildman–Crippen MR) is 139 cm³/mol. The average Bonchev–Trinajstić information content (AvgIpc) is 2.86. The second kappa shape index (κ2) is 11.3. The lowest BCUT2D eigenvalue weighted by molar-refractivity contribution is 0.281. The van der Waals surface area contributed by atoms with Crippen molar-refractivity contribution in [2.24, 2.45) is 0 Å². The van der Waals surface area contributed by atoms with E-state index in [9.17, 15) is 23.4 Å². The summed E-state index contributed by atoms with van der Waals surface area (Å²) < 4.78 is 35.2. The summed E-state index contributed by atoms with van der Waals surface area (Å²) in [4.78, 5) is 13.3. The first-order valence-electron chi connectivity index (χ1n) is 12.6. The number of hydrogen-bond acceptors (Lipinski definition) is 6. The van der Waals surface area contributed by atoms with Crippen LogP contribution in [0.2, 0.25) is 0 Å². The van der Waals surface area contributed by atoms with E-state index in [0.29, 0.717) is 48.3 Å². The Kier molecular flexibility index (Phi) is 8.16. The molecule has 1 aromatic heterocycles. The molecule has 2 aromatic carbocycles. The molecular weight excluding hydrogens is 478 g/mol. The number of rotatable bonds is 8. The molecule has 2 N–H and O–H groups in total. The van der Waals surface area contributed by atoms with Gasteiger partial charge in [0.05, 0.1) is 23.2 Å². The highest BCUT2D eigenvalue weighted by Crippen LogP contribution is 2.40. The van der Waals surface area contributed by atoms with Gasteiger partial charge in [-0.3, -0.25) is 4.31 Å². The minimum absolute atomic E-state index is 0.00543. The summed E-state index contributed by atoms with van der Waals surface area (Å²) >= 11 is 0. The molecule has 1 heterocycles. The molecule has 36 heavy (non-hydrogen) atoms. The summed E-state index contributed by atoms with van der Waals surface area (Å²) in [6.45, 7) is 1.60. The number of para-hydroxylation sites is 1. The molecule has 1 unspecified atom stereocenters. The van der Waals surface area contributed by atoms with Crippen LogP contribution in [0.4, 0.5) is 5.69 Å². The normalized spacial score (nSPS) is 14.9. The Balaban J connectivity index is 1.95. The fourth-order valence-corrected chi connectivity index (χ4v) is 6.67. The van der Waals surface area contributed by atoms with Crippen LogP contribution in [0.3, 0.4) is 0 Å². The van der Waals surface area contributed by atoms with E-state index in [1.165, 1.54) is 16.4 Å². The van der Waals surface area contributed by atoms with Gasteiger partial charge < -0.3 is 14.6 Å². The molecule has 4 rings (SSSR count). The fourth-order valence-electron chi connectivity index (χ4n) is 4.95. The highest BCUT2D eigenvalue weighted by molar-refractivity contribution is 7.92. The van der Waals surface area contributed by atoms with Crippen LogP contribution >= 0.6 is 0 Å². The second-order valence-electron chi connectivity index (χ2n) is 9.21. The Morgan fingerprint density at radius 1 is 1.00 bits per heavy atom. The summed E-state index contributed by atoms with van der Waals surface area (Å²) in [5, 5.41) is 21.0. The van der Waals surface area contributed by atoms with Gasteiger partial charge in [0, 0.05) is 12.0 Å². The molecule has 0 saturated carbocycles. The van der Waals surface area contributed by atoms with Crippen molar-refractivity contribution in [2.75, 3.05) is 4.31 Å². The molecular formula is C28H33NO6S. The highest BCUT2D eigenvalue weighted by Gasteiger charge is 2.37. The minimum atomic E-state index is -4.19. The van der Waals surface area contributed by atoms with E-state index in [0.717, 1.165) is 25.7 Å². The molecule has 0 spiro atoms. The lowest BCUT2D eigenvalue weighted by Gasteiger charge is -2.33. The van der Waals surface area contributed by atoms with E-state index in [1.54, 1.807) is 42.5 Å². The van der Waals surface area contributed by atoms with E-state index in [2.05, 4.69) is 0 Å². The van der Waals surface area contributed by atoms with Crippen molar-refractivity contribution < 1.29 is 23.0 Å². The molecule has 0 bridgehead atoms. The Morgan fingerprint density at radius 2 is 1.72 bits per heavy atom. The van der Waals surface area contributed by atoms with E-state index >= 15 is 0 Å². The standard InChI is InChI=1S/C28H33NO6S/c1-2-11-24(26-27(31)23-16-8-3-4-9-17-25(23)35-28(26)32)29(21-13-6-5-7-14-21)36(33,34)22-15-10-12-20(18-22)19-30/h5-7,10,12-15,18,24,30-31H,2-4,8-9,11,16-17,19H2,1H3. The first-order chi connectivity index (χ1) is 17.4. The number of aliphatic hydroxyl groups is 1. The fraction of sp³-hybridized carbons (Fsp3) is 0.393. The molecule has 0 radical (unpaired) electrons. The third kappa shape index (κ3) is 5.20. The Bertz CT molecular complexity index is 1350. The van der Waals surface area contributed by atoms with E-state index in [-0.39, 0.29) is 22.8 Å². The number of nitrogens with zero attached hydrogens (tertiary/aromatic N) is 1. The molecule has 1 aliphatic rings. The maximum Gasteiger partial charge on any atom is 0.345 e. The van der Waals surface area contributed by atoms with Crippen LogP contribution in [0.1, 0.15) is 73.9 Å². The summed E-state index contributed by atoms with van der Waals surface area (Å²) in [6.07, 6.45) is 5.81. The Labute approximate surface area is 212 Å². The first kappa shape index (κ1) is 26.0. The smallest absolute Gasteiger partial charge is 0.345 e. The number of aliphatic hydroxyl groups excluding tert-OH is 1. The maximum atomic E-state index is 14.1. The zero-order chi connectivity index (χ0) is 25.7. The molecule has 3 aromatic rings. The summed E-state index contributed by atoms with van der Waals surface area (Å²) in [6, 6.07) is 13.7. The minimum Gasteiger partial charge on any atom is -0.507 e. The largest absolute Gasteiger partial charge is 0.507 e. The topological polar surface area (TPSA) is 108 Å². The molecule has 0 fully saturated rings. The zero-order valence-electron chi connectivity index (χ0n) is 20.5. The molecule has 0 saturated heterocycles. The van der Waals surface area contributed by atoms with Gasteiger partial charge in [0.2, 0.25) is 0 Å². The zero-order valence-corrected chi connectivity index (χ0v) is 21.3. The first-order valence-corrected chi connectivity index (χ1v) is 14.0. The third-order valence-electron chi connectivity index (χ3n) is 6.72. The van der Waals surface area contributed by atoms with Crippen LogP contribution in [0.5, 0.6) is 5.75 Å². The molecule has 1 atom stereocenters. The van der Waals surface area contributed by atoms with Crippen LogP contribution in [0.15, 0.2) is 68.7 Å². The van der Waals surface area contributed by atoms with Crippen LogP contribution in [0.25, 0.3) is 0 Å². The predicted octanol–water partition coefficient (Wildman–Crippen LogP) is 5.23. The van der Waals surface area contributed by atoms with Gasteiger partial charge in [-0.1, -0.05) is 56.5 Å². The van der Waals surface area contributed by atoms with E-state index in [1.807, 2.05) is 6.92 Å². The average molecular weight is 512 g/mol. The monoisotopic (exact) mass is 511 g/mol. The summed E-state index contributed by atoms with van der Waals surface area (Å²) in [5.41, 5.74) is 0.709. The lowest BCUT2D eigenvalue weighted by Crippen LogP contribution is -2.37. The van der Waals surface area contributed by atoms with Crippen LogP contribution in [0, 0.1) is 0 Å². The molecule has 0 amide bonds. The number of fused-ring (bicyclic) bond motifs is 1. The molecule has 8 heteroatoms. The number of aryl methyl sites for hydroxylation is 1. The highest BCUT2D eigenvalue weighted by atomic mass is 32.2. The maximum absolute atomic E-state index is 14.1. The van der Waals surface area contributed by atoms with Gasteiger partial charge in [-0.2, -0.15) is 0 Å². The van der Waals surface area contributed by atoms with Crippen molar-refractivity contribution in [1.82, 2.24) is 0 Å². The summed E-state index contributed by atoms with van der Waals surface area (Å²) in [7, 11) is -4.19. The quantitative estimate of drug-likeness (QED) is 0.429. The SMILES string of the molecule is CCCC(c1c(O)c2c(oc1=O)CCCCCC2)N(c1ccccc1)S(=O)(=O)c1cccc(CO)c1. The van der Waals surface area contributed by atoms with Gasteiger partial charge in [-0.15, -0.1) is 0 Å². The number of aromatic hydroxyl groups is 1. The number of benzene rings is 2. The summed E-state index contributed by atoms with van der Waals surface area (Å²) in [5.74, 6) is 0.350. The molecule has 192 valence electrons. The van der Waals surface area contributed by atoms with Gasteiger partial charge in [-0.05, 0) is 55.5 Å². The van der Waals surface area contributed by atoms with Crippen molar-refractivity contribution in [3.8, 4) is 5.75 Å². The molecule has 7 nitrogen and oxygen atoms in total. The van der Waals surface area contributed by atoms with Crippen molar-refractivity contribution in [1.29, 1.82) is 0 Å². The van der Waals surface area contributed by atoms with Crippen LogP contribution in [-0.4, -0.2) is 18.6 Å². The van der Waals surface area contributed by atoms with Gasteiger partial charge in [0.1, 0.15) is 17.1 Å². The molecule has 0 aliphatic heterocycles. The second-order valence-corrected chi connectivity index (χ2v) is 11.0. The van der Waals surface area contributed by atoms with Crippen molar-refractivity contribution in [2.45, 2.75) is 75.8 Å². The van der Waals surface area contributed by atoms with Gasteiger partial charge in [0.25, 0.3) is 10.0 Å². The van der Waals surface area contributed by atoms with Crippen molar-refractivity contribution >= 4 is 15.7 Å². The molecule has 1 aliphatic carbocycles. The van der Waals surface area contributed by atoms with Crippen molar-refractivity contribution in [3.05, 3.63) is 87.5 Å². The van der Waals surface area contributed by atoms with Crippen LogP contribution < -0.4 is 9.93 Å².